The van der Waals surface area contributed by atoms with Crippen molar-refractivity contribution < 1.29 is 0 Å². The fourth-order valence-electron chi connectivity index (χ4n) is 0.961. The summed E-state index contributed by atoms with van der Waals surface area (Å²) in [5.41, 5.74) is 1.11. The number of hydrogen-bond acceptors (Lipinski definition) is 2. The Morgan fingerprint density at radius 1 is 1.17 bits per heavy atom. The van der Waals surface area contributed by atoms with Crippen molar-refractivity contribution in [2.24, 2.45) is 0 Å². The van der Waals surface area contributed by atoms with Gasteiger partial charge in [-0.3, -0.25) is 9.56 Å². The van der Waals surface area contributed by atoms with Crippen LogP contribution in [-0.4, -0.2) is 5.75 Å². The number of benzene rings is 1. The Bertz CT molecular complexity index is 327. The fraction of sp³-hybridized carbons (Fsp3) is 0.333. The molecule has 0 aromatic heterocycles. The van der Waals surface area contributed by atoms with E-state index >= 15 is 0 Å². The Morgan fingerprint density at radius 3 is 2.25 bits per heavy atom. The van der Waals surface area contributed by atoms with Crippen molar-refractivity contribution in [3.63, 3.8) is 0 Å². The van der Waals surface area contributed by atoms with Crippen LogP contribution in [0.5, 0.6) is 0 Å². The molecule has 0 saturated heterocycles. The van der Waals surface area contributed by atoms with Crippen molar-refractivity contribution in [3.05, 3.63) is 35.9 Å². The zero-order valence-corrected chi connectivity index (χ0v) is 8.03. The Balaban J connectivity index is 2.78. The van der Waals surface area contributed by atoms with Crippen LogP contribution in [0.2, 0.25) is 0 Å². The smallest absolute Gasteiger partial charge is 0.0381 e. The van der Waals surface area contributed by atoms with Gasteiger partial charge in [0.15, 0.2) is 0 Å². The maximum atomic E-state index is 7.66. The first-order valence-corrected chi connectivity index (χ1v) is 5.93. The third-order valence-electron chi connectivity index (χ3n) is 1.75. The third-order valence-corrected chi connectivity index (χ3v) is 3.56. The molecule has 0 fully saturated rings. The van der Waals surface area contributed by atoms with E-state index in [1.165, 1.54) is 0 Å². The third kappa shape index (κ3) is 2.66. The van der Waals surface area contributed by atoms with E-state index in [0.717, 1.165) is 5.56 Å². The van der Waals surface area contributed by atoms with Gasteiger partial charge in [0.05, 0.1) is 0 Å². The molecule has 0 aliphatic heterocycles. The van der Waals surface area contributed by atoms with E-state index in [1.807, 2.05) is 37.3 Å². The second-order valence-corrected chi connectivity index (χ2v) is 5.44. The molecular formula is C9H14N2S. The second-order valence-electron chi connectivity index (χ2n) is 2.80. The summed E-state index contributed by atoms with van der Waals surface area (Å²) in [6.07, 6.45) is 0. The van der Waals surface area contributed by atoms with Gasteiger partial charge in [0, 0.05) is 11.5 Å². The van der Waals surface area contributed by atoms with Crippen LogP contribution in [-0.2, 0) is 15.4 Å². The topological polar surface area (TPSA) is 47.7 Å². The molecule has 12 heavy (non-hydrogen) atoms. The molecule has 2 N–H and O–H groups in total. The predicted octanol–water partition coefficient (Wildman–Crippen LogP) is 2.89. The zero-order chi connectivity index (χ0) is 9.03. The maximum absolute atomic E-state index is 7.66. The van der Waals surface area contributed by atoms with E-state index in [4.69, 9.17) is 9.56 Å². The molecule has 2 nitrogen and oxygen atoms in total. The molecule has 0 atom stereocenters. The summed E-state index contributed by atoms with van der Waals surface area (Å²) in [5.74, 6) is 1.26. The highest BCUT2D eigenvalue weighted by atomic mass is 32.2. The highest BCUT2D eigenvalue weighted by Gasteiger charge is 1.99. The van der Waals surface area contributed by atoms with Gasteiger partial charge in [0.2, 0.25) is 0 Å². The van der Waals surface area contributed by atoms with Gasteiger partial charge in [-0.15, -0.1) is 0 Å². The second kappa shape index (κ2) is 3.72. The Labute approximate surface area is 74.0 Å². The van der Waals surface area contributed by atoms with Gasteiger partial charge in [-0.2, -0.15) is 0 Å². The van der Waals surface area contributed by atoms with E-state index in [0.29, 0.717) is 11.5 Å². The summed E-state index contributed by atoms with van der Waals surface area (Å²) in [7, 11) is -1.87. The lowest BCUT2D eigenvalue weighted by Gasteiger charge is -2.06. The predicted molar refractivity (Wildman–Crippen MR) is 53.5 cm³/mol. The van der Waals surface area contributed by atoms with Gasteiger partial charge in [-0.1, -0.05) is 46.9 Å². The van der Waals surface area contributed by atoms with Crippen molar-refractivity contribution in [2.75, 3.05) is 5.75 Å². The summed E-state index contributed by atoms with van der Waals surface area (Å²) in [6, 6.07) is 9.85. The Kier molecular flexibility index (Phi) is 2.87. The average molecular weight is 182 g/mol. The van der Waals surface area contributed by atoms with Crippen molar-refractivity contribution in [2.45, 2.75) is 12.7 Å². The Hall–Kier alpha value is -0.830. The molecule has 66 valence electrons. The lowest BCUT2D eigenvalue weighted by atomic mass is 10.2. The first-order valence-electron chi connectivity index (χ1n) is 3.96. The van der Waals surface area contributed by atoms with Crippen LogP contribution < -0.4 is 0 Å². The molecule has 0 aliphatic carbocycles. The minimum absolute atomic E-state index is 0.602. The average Bonchev–Trinajstić information content (AvgIpc) is 2.06. The lowest BCUT2D eigenvalue weighted by Crippen LogP contribution is -2.02. The Morgan fingerprint density at radius 2 is 1.75 bits per heavy atom. The summed E-state index contributed by atoms with van der Waals surface area (Å²) in [4.78, 5) is 0. The van der Waals surface area contributed by atoms with Gasteiger partial charge >= 0.3 is 0 Å². The van der Waals surface area contributed by atoms with Crippen LogP contribution >= 0.6 is 0 Å². The highest BCUT2D eigenvalue weighted by molar-refractivity contribution is 7.92. The highest BCUT2D eigenvalue weighted by Crippen LogP contribution is 2.06. The van der Waals surface area contributed by atoms with Gasteiger partial charge in [0.1, 0.15) is 0 Å². The van der Waals surface area contributed by atoms with E-state index in [-0.39, 0.29) is 0 Å². The molecule has 1 aromatic rings. The van der Waals surface area contributed by atoms with Crippen molar-refractivity contribution >= 4 is 9.62 Å². The minimum atomic E-state index is -1.87. The monoisotopic (exact) mass is 182 g/mol. The molecule has 0 heterocycles. The SMILES string of the molecule is CCS(=N)(=N)Cc1ccccc1. The summed E-state index contributed by atoms with van der Waals surface area (Å²) in [6.45, 7) is 1.91. The van der Waals surface area contributed by atoms with Gasteiger partial charge in [-0.05, 0) is 5.56 Å². The molecule has 0 bridgehead atoms. The molecule has 1 rings (SSSR count). The molecule has 0 aliphatic rings. The molecule has 0 amide bonds. The summed E-state index contributed by atoms with van der Waals surface area (Å²) < 4.78 is 15.3. The fourth-order valence-corrected chi connectivity index (χ4v) is 1.93. The van der Waals surface area contributed by atoms with Crippen LogP contribution in [0.15, 0.2) is 30.3 Å². The van der Waals surface area contributed by atoms with Crippen molar-refractivity contribution in [1.82, 2.24) is 0 Å². The lowest BCUT2D eigenvalue weighted by molar-refractivity contribution is 1.30. The van der Waals surface area contributed by atoms with E-state index in [9.17, 15) is 0 Å². The standard InChI is InChI=1S/C9H14N2S/c1-2-12(10,11)8-9-6-4-3-5-7-9/h3-7,10-11H,2,8H2,1H3. The zero-order valence-electron chi connectivity index (χ0n) is 7.21. The molecule has 0 saturated carbocycles. The number of rotatable bonds is 3. The molecule has 0 unspecified atom stereocenters. The van der Waals surface area contributed by atoms with E-state index < -0.39 is 9.62 Å². The minimum Gasteiger partial charge on any atom is -0.270 e. The normalized spacial score (nSPS) is 11.4. The molecule has 1 aromatic carbocycles. The van der Waals surface area contributed by atoms with Gasteiger partial charge in [0.25, 0.3) is 0 Å². The van der Waals surface area contributed by atoms with Crippen LogP contribution in [0.4, 0.5) is 0 Å². The largest absolute Gasteiger partial charge is 0.270 e. The van der Waals surface area contributed by atoms with Crippen LogP contribution in [0, 0.1) is 9.56 Å². The first-order chi connectivity index (χ1) is 5.64. The quantitative estimate of drug-likeness (QED) is 0.722. The summed E-state index contributed by atoms with van der Waals surface area (Å²) >= 11 is 0. The van der Waals surface area contributed by atoms with E-state index in [2.05, 4.69) is 0 Å². The van der Waals surface area contributed by atoms with Crippen molar-refractivity contribution in [1.29, 1.82) is 9.56 Å². The number of nitrogens with one attached hydrogen (secondary N) is 2. The van der Waals surface area contributed by atoms with Gasteiger partial charge in [-0.25, -0.2) is 0 Å². The van der Waals surface area contributed by atoms with Gasteiger partial charge < -0.3 is 0 Å². The summed E-state index contributed by atoms with van der Waals surface area (Å²) in [5, 5.41) is 0. The van der Waals surface area contributed by atoms with Crippen LogP contribution in [0.25, 0.3) is 0 Å². The van der Waals surface area contributed by atoms with E-state index in [1.54, 1.807) is 0 Å². The molecule has 0 radical (unpaired) electrons. The van der Waals surface area contributed by atoms with Crippen LogP contribution in [0.3, 0.4) is 0 Å². The maximum Gasteiger partial charge on any atom is 0.0381 e. The molecular weight excluding hydrogens is 168 g/mol. The molecule has 0 spiro atoms. The van der Waals surface area contributed by atoms with Crippen LogP contribution in [0.1, 0.15) is 12.5 Å². The number of hydrogen-bond donors (Lipinski definition) is 2. The molecule has 3 heteroatoms. The van der Waals surface area contributed by atoms with Crippen molar-refractivity contribution in [3.8, 4) is 0 Å². The first kappa shape index (κ1) is 9.26.